The van der Waals surface area contributed by atoms with Gasteiger partial charge in [-0.2, -0.15) is 0 Å². The summed E-state index contributed by atoms with van der Waals surface area (Å²) in [4.78, 5) is 13.6. The van der Waals surface area contributed by atoms with Crippen LogP contribution in [0.15, 0.2) is 21.7 Å². The van der Waals surface area contributed by atoms with Crippen LogP contribution in [0.3, 0.4) is 0 Å². The minimum Gasteiger partial charge on any atom is -0.386 e. The third kappa shape index (κ3) is 3.24. The van der Waals surface area contributed by atoms with Gasteiger partial charge in [0.1, 0.15) is 0 Å². The molecule has 3 nitrogen and oxygen atoms in total. The van der Waals surface area contributed by atoms with E-state index in [0.717, 1.165) is 12.8 Å². The van der Waals surface area contributed by atoms with Crippen LogP contribution in [0.4, 0.5) is 0 Å². The summed E-state index contributed by atoms with van der Waals surface area (Å²) in [5.41, 5.74) is -0.613. The Balaban J connectivity index is 1.72. The number of nitrogens with zero attached hydrogens (tertiary/aromatic N) is 1. The molecule has 2 rings (SSSR count). The Bertz CT molecular complexity index is 372. The molecule has 1 aliphatic rings. The van der Waals surface area contributed by atoms with E-state index in [4.69, 9.17) is 0 Å². The highest BCUT2D eigenvalue weighted by atomic mass is 32.2. The van der Waals surface area contributed by atoms with Gasteiger partial charge < -0.3 is 10.0 Å². The normalized spacial score (nSPS) is 17.9. The maximum atomic E-state index is 11.8. The van der Waals surface area contributed by atoms with E-state index in [1.165, 1.54) is 4.21 Å². The Morgan fingerprint density at radius 1 is 1.65 bits per heavy atom. The Morgan fingerprint density at radius 3 is 3.00 bits per heavy atom. The molecule has 1 saturated heterocycles. The Kier molecular flexibility index (Phi) is 4.12. The molecular weight excluding hydrogens is 254 g/mol. The van der Waals surface area contributed by atoms with Crippen LogP contribution in [0.5, 0.6) is 0 Å². The van der Waals surface area contributed by atoms with Crippen LogP contribution >= 0.6 is 23.1 Å². The van der Waals surface area contributed by atoms with Crippen LogP contribution < -0.4 is 0 Å². The van der Waals surface area contributed by atoms with Crippen molar-refractivity contribution in [2.24, 2.45) is 0 Å². The van der Waals surface area contributed by atoms with E-state index in [1.54, 1.807) is 28.0 Å². The van der Waals surface area contributed by atoms with E-state index >= 15 is 0 Å². The summed E-state index contributed by atoms with van der Waals surface area (Å²) >= 11 is 3.22. The molecule has 0 bridgehead atoms. The summed E-state index contributed by atoms with van der Waals surface area (Å²) in [6.45, 7) is 3.06. The second-order valence-corrected chi connectivity index (χ2v) is 6.67. The summed E-state index contributed by atoms with van der Waals surface area (Å²) < 4.78 is 1.17. The zero-order valence-electron chi connectivity index (χ0n) is 9.89. The lowest BCUT2D eigenvalue weighted by atomic mass is 9.89. The van der Waals surface area contributed by atoms with Crippen molar-refractivity contribution in [3.8, 4) is 0 Å². The van der Waals surface area contributed by atoms with Gasteiger partial charge >= 0.3 is 0 Å². The zero-order chi connectivity index (χ0) is 12.3. The first-order valence-electron chi connectivity index (χ1n) is 5.79. The number of likely N-dealkylation sites (tertiary alicyclic amines) is 1. The number of carbonyl (C=O) groups is 1. The monoisotopic (exact) mass is 271 g/mol. The maximum absolute atomic E-state index is 11.8. The fraction of sp³-hybridized carbons (Fsp3) is 0.583. The lowest BCUT2D eigenvalue weighted by Crippen LogP contribution is -2.63. The van der Waals surface area contributed by atoms with Crippen LogP contribution in [0.2, 0.25) is 0 Å². The third-order valence-corrected chi connectivity index (χ3v) is 4.99. The quantitative estimate of drug-likeness (QED) is 0.835. The van der Waals surface area contributed by atoms with Crippen LogP contribution in [-0.4, -0.2) is 40.4 Å². The molecule has 0 aliphatic carbocycles. The number of aliphatic hydroxyl groups is 1. The largest absolute Gasteiger partial charge is 0.386 e. The van der Waals surface area contributed by atoms with E-state index in [9.17, 15) is 9.90 Å². The molecule has 0 saturated carbocycles. The molecule has 94 valence electrons. The molecule has 0 radical (unpaired) electrons. The average molecular weight is 271 g/mol. The van der Waals surface area contributed by atoms with Gasteiger partial charge in [-0.25, -0.2) is 0 Å². The smallest absolute Gasteiger partial charge is 0.233 e. The first kappa shape index (κ1) is 12.9. The Labute approximate surface area is 110 Å². The molecule has 1 amide bonds. The Hall–Kier alpha value is -0.520. The van der Waals surface area contributed by atoms with Crippen LogP contribution in [0, 0.1) is 0 Å². The van der Waals surface area contributed by atoms with Crippen LogP contribution in [0.1, 0.15) is 19.8 Å². The number of hydrogen-bond acceptors (Lipinski definition) is 4. The van der Waals surface area contributed by atoms with Crippen molar-refractivity contribution < 1.29 is 9.90 Å². The summed E-state index contributed by atoms with van der Waals surface area (Å²) in [5, 5.41) is 12.0. The van der Waals surface area contributed by atoms with E-state index in [1.807, 2.05) is 17.5 Å². The number of thiophene rings is 1. The van der Waals surface area contributed by atoms with Crippen LogP contribution in [-0.2, 0) is 4.79 Å². The van der Waals surface area contributed by atoms with E-state index in [2.05, 4.69) is 6.92 Å². The van der Waals surface area contributed by atoms with E-state index < -0.39 is 5.60 Å². The molecule has 1 fully saturated rings. The number of β-amino-alcohol motifs (C(OH)–C–C–N with tert-alkyl or cyclic N) is 1. The topological polar surface area (TPSA) is 40.5 Å². The van der Waals surface area contributed by atoms with Gasteiger partial charge in [-0.3, -0.25) is 4.79 Å². The van der Waals surface area contributed by atoms with E-state index in [0.29, 0.717) is 18.8 Å². The summed E-state index contributed by atoms with van der Waals surface area (Å²) in [5.74, 6) is 0.604. The Morgan fingerprint density at radius 2 is 2.41 bits per heavy atom. The highest BCUT2D eigenvalue weighted by Gasteiger charge is 2.42. The van der Waals surface area contributed by atoms with Crippen molar-refractivity contribution in [1.29, 1.82) is 0 Å². The predicted molar refractivity (Wildman–Crippen MR) is 71.5 cm³/mol. The molecule has 1 aromatic heterocycles. The molecule has 0 spiro atoms. The van der Waals surface area contributed by atoms with Crippen LogP contribution in [0.25, 0.3) is 0 Å². The summed E-state index contributed by atoms with van der Waals surface area (Å²) in [7, 11) is 0. The number of rotatable bonds is 5. The number of amides is 1. The molecule has 17 heavy (non-hydrogen) atoms. The second kappa shape index (κ2) is 5.42. The highest BCUT2D eigenvalue weighted by molar-refractivity contribution is 8.01. The molecule has 1 N–H and O–H groups in total. The SMILES string of the molecule is CCCC1(O)CN(C(=O)CSc2cccs2)C1. The number of hydrogen-bond donors (Lipinski definition) is 1. The standard InChI is InChI=1S/C12H17NO2S2/c1-2-5-12(15)8-13(9-12)10(14)7-17-11-4-3-6-16-11/h3-4,6,15H,2,5,7-9H2,1H3. The minimum absolute atomic E-state index is 0.129. The molecule has 0 unspecified atom stereocenters. The maximum Gasteiger partial charge on any atom is 0.233 e. The summed E-state index contributed by atoms with van der Waals surface area (Å²) in [6, 6.07) is 4.01. The molecule has 1 aliphatic heterocycles. The molecule has 0 atom stereocenters. The lowest BCUT2D eigenvalue weighted by molar-refractivity contribution is -0.153. The first-order chi connectivity index (χ1) is 8.13. The second-order valence-electron chi connectivity index (χ2n) is 4.44. The number of thioether (sulfide) groups is 1. The van der Waals surface area contributed by atoms with Gasteiger partial charge in [0, 0.05) is 0 Å². The minimum atomic E-state index is -0.613. The highest BCUT2D eigenvalue weighted by Crippen LogP contribution is 2.28. The molecular formula is C12H17NO2S2. The average Bonchev–Trinajstić information content (AvgIpc) is 2.75. The number of carbonyl (C=O) groups excluding carboxylic acids is 1. The fourth-order valence-electron chi connectivity index (χ4n) is 2.03. The molecule has 0 aromatic carbocycles. The molecule has 2 heterocycles. The summed E-state index contributed by atoms with van der Waals surface area (Å²) in [6.07, 6.45) is 1.75. The van der Waals surface area contributed by atoms with Gasteiger partial charge in [0.2, 0.25) is 5.91 Å². The van der Waals surface area contributed by atoms with Gasteiger partial charge in [-0.15, -0.1) is 23.1 Å². The molecule has 1 aromatic rings. The van der Waals surface area contributed by atoms with Crippen molar-refractivity contribution >= 4 is 29.0 Å². The van der Waals surface area contributed by atoms with Crippen molar-refractivity contribution in [3.63, 3.8) is 0 Å². The van der Waals surface area contributed by atoms with Crippen molar-refractivity contribution in [2.75, 3.05) is 18.8 Å². The van der Waals surface area contributed by atoms with Crippen molar-refractivity contribution in [2.45, 2.75) is 29.6 Å². The van der Waals surface area contributed by atoms with Gasteiger partial charge in [0.05, 0.1) is 28.7 Å². The lowest BCUT2D eigenvalue weighted by Gasteiger charge is -2.46. The van der Waals surface area contributed by atoms with Gasteiger partial charge in [-0.1, -0.05) is 19.4 Å². The first-order valence-corrected chi connectivity index (χ1v) is 7.66. The van der Waals surface area contributed by atoms with Crippen molar-refractivity contribution in [1.82, 2.24) is 4.90 Å². The van der Waals surface area contributed by atoms with Crippen molar-refractivity contribution in [3.05, 3.63) is 17.5 Å². The fourth-order valence-corrected chi connectivity index (χ4v) is 3.72. The molecule has 5 heteroatoms. The van der Waals surface area contributed by atoms with Gasteiger partial charge in [0.25, 0.3) is 0 Å². The van der Waals surface area contributed by atoms with Gasteiger partial charge in [0.15, 0.2) is 0 Å². The zero-order valence-corrected chi connectivity index (χ0v) is 11.5. The predicted octanol–water partition coefficient (Wildman–Crippen LogP) is 2.21. The van der Waals surface area contributed by atoms with E-state index in [-0.39, 0.29) is 5.91 Å². The van der Waals surface area contributed by atoms with Gasteiger partial charge in [-0.05, 0) is 17.9 Å². The third-order valence-electron chi connectivity index (χ3n) is 2.87.